The summed E-state index contributed by atoms with van der Waals surface area (Å²) < 4.78 is 33.0. The van der Waals surface area contributed by atoms with E-state index in [1.165, 1.54) is 7.11 Å². The average molecular weight is 298 g/mol. The highest BCUT2D eigenvalue weighted by atomic mass is 32.2. The number of ether oxygens (including phenoxy) is 1. The molecule has 3 N–H and O–H groups in total. The van der Waals surface area contributed by atoms with Gasteiger partial charge in [0.15, 0.2) is 0 Å². The molecule has 0 saturated heterocycles. The Morgan fingerprint density at radius 3 is 2.80 bits per heavy atom. The molecule has 6 heteroatoms. The van der Waals surface area contributed by atoms with Crippen LogP contribution < -0.4 is 15.2 Å². The van der Waals surface area contributed by atoms with Crippen molar-refractivity contribution in [2.45, 2.75) is 37.1 Å². The fraction of sp³-hybridized carbons (Fsp3) is 0.571. The highest BCUT2D eigenvalue weighted by molar-refractivity contribution is 7.89. The molecule has 1 aliphatic carbocycles. The molecule has 0 bridgehead atoms. The molecule has 1 aromatic carbocycles. The first-order chi connectivity index (χ1) is 9.47. The van der Waals surface area contributed by atoms with Crippen LogP contribution in [0.4, 0.5) is 0 Å². The molecule has 2 rings (SSSR count). The normalized spacial score (nSPS) is 22.9. The molecule has 1 aliphatic rings. The van der Waals surface area contributed by atoms with E-state index in [9.17, 15) is 8.42 Å². The zero-order valence-electron chi connectivity index (χ0n) is 11.9. The van der Waals surface area contributed by atoms with Gasteiger partial charge in [-0.25, -0.2) is 13.1 Å². The van der Waals surface area contributed by atoms with Gasteiger partial charge in [-0.15, -0.1) is 0 Å². The smallest absolute Gasteiger partial charge is 0.244 e. The summed E-state index contributed by atoms with van der Waals surface area (Å²) in [5.41, 5.74) is 6.58. The van der Waals surface area contributed by atoms with Gasteiger partial charge in [0.05, 0.1) is 7.11 Å². The summed E-state index contributed by atoms with van der Waals surface area (Å²) in [5.74, 6) is 0.589. The number of nitrogens with one attached hydrogen (secondary N) is 1. The van der Waals surface area contributed by atoms with E-state index in [0.29, 0.717) is 12.3 Å². The van der Waals surface area contributed by atoms with Crippen LogP contribution in [0.2, 0.25) is 0 Å². The minimum absolute atomic E-state index is 0.0739. The fourth-order valence-corrected chi connectivity index (χ4v) is 4.32. The molecule has 0 aliphatic heterocycles. The lowest BCUT2D eigenvalue weighted by molar-refractivity contribution is 0.400. The van der Waals surface area contributed by atoms with Crippen molar-refractivity contribution in [1.82, 2.24) is 4.72 Å². The van der Waals surface area contributed by atoms with Crippen molar-refractivity contribution in [3.63, 3.8) is 0 Å². The van der Waals surface area contributed by atoms with E-state index in [-0.39, 0.29) is 16.9 Å². The molecule has 0 heterocycles. The largest absolute Gasteiger partial charge is 0.495 e. The summed E-state index contributed by atoms with van der Waals surface area (Å²) in [5, 5.41) is 0. The number of rotatable bonds is 5. The molecular formula is C14H22N2O3S. The van der Waals surface area contributed by atoms with Gasteiger partial charge >= 0.3 is 0 Å². The second-order valence-corrected chi connectivity index (χ2v) is 6.99. The van der Waals surface area contributed by atoms with Gasteiger partial charge in [0.2, 0.25) is 10.0 Å². The van der Waals surface area contributed by atoms with Crippen LogP contribution in [0.3, 0.4) is 0 Å². The first-order valence-corrected chi connectivity index (χ1v) is 8.33. The Hall–Kier alpha value is -1.11. The van der Waals surface area contributed by atoms with Crippen LogP contribution in [-0.4, -0.2) is 28.1 Å². The third-order valence-electron chi connectivity index (χ3n) is 3.88. The van der Waals surface area contributed by atoms with Crippen LogP contribution >= 0.6 is 0 Å². The second kappa shape index (κ2) is 6.11. The van der Waals surface area contributed by atoms with Gasteiger partial charge in [0.1, 0.15) is 10.6 Å². The minimum atomic E-state index is -3.58. The number of benzene rings is 1. The molecule has 0 radical (unpaired) electrons. The topological polar surface area (TPSA) is 81.4 Å². The molecule has 0 spiro atoms. The first kappa shape index (κ1) is 15.3. The molecular weight excluding hydrogens is 276 g/mol. The second-order valence-electron chi connectivity index (χ2n) is 5.31. The van der Waals surface area contributed by atoms with Crippen molar-refractivity contribution in [3.8, 4) is 5.75 Å². The highest BCUT2D eigenvalue weighted by Crippen LogP contribution is 2.29. The van der Waals surface area contributed by atoms with Gasteiger partial charge in [-0.3, -0.25) is 0 Å². The molecule has 112 valence electrons. The number of hydrogen-bond acceptors (Lipinski definition) is 4. The molecule has 0 amide bonds. The van der Waals surface area contributed by atoms with Crippen LogP contribution in [0.15, 0.2) is 23.1 Å². The summed E-state index contributed by atoms with van der Waals surface area (Å²) in [6.07, 6.45) is 2.84. The summed E-state index contributed by atoms with van der Waals surface area (Å²) in [6.45, 7) is 2.37. The van der Waals surface area contributed by atoms with Crippen molar-refractivity contribution in [1.29, 1.82) is 0 Å². The Balaban J connectivity index is 2.28. The molecule has 2 atom stereocenters. The number of sulfonamides is 1. The Morgan fingerprint density at radius 1 is 1.40 bits per heavy atom. The summed E-state index contributed by atoms with van der Waals surface area (Å²) in [4.78, 5) is 0.197. The first-order valence-electron chi connectivity index (χ1n) is 6.85. The van der Waals surface area contributed by atoms with Gasteiger partial charge in [-0.05, 0) is 49.9 Å². The number of aryl methyl sites for hydroxylation is 1. The van der Waals surface area contributed by atoms with Crippen molar-refractivity contribution in [2.24, 2.45) is 11.7 Å². The predicted molar refractivity (Wildman–Crippen MR) is 78.2 cm³/mol. The molecule has 1 aromatic rings. The van der Waals surface area contributed by atoms with E-state index < -0.39 is 10.0 Å². The zero-order valence-corrected chi connectivity index (χ0v) is 12.7. The lowest BCUT2D eigenvalue weighted by atomic mass is 10.1. The third-order valence-corrected chi connectivity index (χ3v) is 5.39. The van der Waals surface area contributed by atoms with Gasteiger partial charge in [-0.2, -0.15) is 0 Å². The van der Waals surface area contributed by atoms with Gasteiger partial charge in [-0.1, -0.05) is 12.5 Å². The fourth-order valence-electron chi connectivity index (χ4n) is 2.73. The van der Waals surface area contributed by atoms with Crippen molar-refractivity contribution >= 4 is 10.0 Å². The monoisotopic (exact) mass is 298 g/mol. The van der Waals surface area contributed by atoms with Gasteiger partial charge < -0.3 is 10.5 Å². The number of nitrogens with two attached hydrogens (primary N) is 1. The van der Waals surface area contributed by atoms with E-state index in [0.717, 1.165) is 24.8 Å². The van der Waals surface area contributed by atoms with Crippen LogP contribution in [-0.2, 0) is 10.0 Å². The molecule has 0 aromatic heterocycles. The van der Waals surface area contributed by atoms with E-state index in [2.05, 4.69) is 4.72 Å². The SMILES string of the molecule is COc1ccc(C)cc1S(=O)(=O)NC1CCCC1CN. The third kappa shape index (κ3) is 3.13. The number of hydrogen-bond donors (Lipinski definition) is 2. The minimum Gasteiger partial charge on any atom is -0.495 e. The molecule has 1 saturated carbocycles. The average Bonchev–Trinajstić information content (AvgIpc) is 2.85. The van der Waals surface area contributed by atoms with Crippen LogP contribution in [0.25, 0.3) is 0 Å². The lowest BCUT2D eigenvalue weighted by Gasteiger charge is -2.20. The quantitative estimate of drug-likeness (QED) is 0.861. The Labute approximate surface area is 120 Å². The lowest BCUT2D eigenvalue weighted by Crippen LogP contribution is -2.39. The predicted octanol–water partition coefficient (Wildman–Crippen LogP) is 1.41. The molecule has 20 heavy (non-hydrogen) atoms. The van der Waals surface area contributed by atoms with Crippen molar-refractivity contribution in [3.05, 3.63) is 23.8 Å². The van der Waals surface area contributed by atoms with Gasteiger partial charge in [0.25, 0.3) is 0 Å². The van der Waals surface area contributed by atoms with Crippen LogP contribution in [0.1, 0.15) is 24.8 Å². The maximum atomic E-state index is 12.5. The van der Waals surface area contributed by atoms with E-state index in [1.807, 2.05) is 13.0 Å². The van der Waals surface area contributed by atoms with Crippen molar-refractivity contribution < 1.29 is 13.2 Å². The standard InChI is InChI=1S/C14H22N2O3S/c1-10-6-7-13(19-2)14(8-10)20(17,18)16-12-5-3-4-11(12)9-15/h6-8,11-12,16H,3-5,9,15H2,1-2H3. The Kier molecular flexibility index (Phi) is 4.67. The maximum absolute atomic E-state index is 12.5. The molecule has 5 nitrogen and oxygen atoms in total. The van der Waals surface area contributed by atoms with Crippen molar-refractivity contribution in [2.75, 3.05) is 13.7 Å². The van der Waals surface area contributed by atoms with Crippen LogP contribution in [0, 0.1) is 12.8 Å². The van der Waals surface area contributed by atoms with Gasteiger partial charge in [0, 0.05) is 6.04 Å². The van der Waals surface area contributed by atoms with Crippen LogP contribution in [0.5, 0.6) is 5.75 Å². The highest BCUT2D eigenvalue weighted by Gasteiger charge is 2.31. The summed E-state index contributed by atoms with van der Waals surface area (Å²) >= 11 is 0. The van der Waals surface area contributed by atoms with E-state index in [1.54, 1.807) is 12.1 Å². The molecule has 2 unspecified atom stereocenters. The maximum Gasteiger partial charge on any atom is 0.244 e. The zero-order chi connectivity index (χ0) is 14.8. The summed E-state index contributed by atoms with van der Waals surface area (Å²) in [6, 6.07) is 5.07. The van der Waals surface area contributed by atoms with E-state index >= 15 is 0 Å². The Bertz CT molecular complexity index is 572. The summed E-state index contributed by atoms with van der Waals surface area (Å²) in [7, 11) is -2.11. The number of methoxy groups -OCH3 is 1. The van der Waals surface area contributed by atoms with E-state index in [4.69, 9.17) is 10.5 Å². The Morgan fingerprint density at radius 2 is 2.15 bits per heavy atom. The molecule has 1 fully saturated rings.